The minimum Gasteiger partial charge on any atom is -0.341 e. The van der Waals surface area contributed by atoms with E-state index in [0.29, 0.717) is 12.4 Å². The lowest BCUT2D eigenvalue weighted by Gasteiger charge is -2.35. The van der Waals surface area contributed by atoms with Crippen LogP contribution in [0.4, 0.5) is 5.82 Å². The van der Waals surface area contributed by atoms with Crippen LogP contribution in [0.5, 0.6) is 0 Å². The van der Waals surface area contributed by atoms with E-state index in [4.69, 9.17) is 0 Å². The molecule has 0 spiro atoms. The molecule has 1 aromatic rings. The number of nitrogens with zero attached hydrogens (tertiary/aromatic N) is 2. The van der Waals surface area contributed by atoms with Gasteiger partial charge in [0.1, 0.15) is 5.82 Å². The van der Waals surface area contributed by atoms with Gasteiger partial charge in [-0.05, 0) is 60.3 Å². The van der Waals surface area contributed by atoms with E-state index >= 15 is 0 Å². The van der Waals surface area contributed by atoms with Gasteiger partial charge in [0.05, 0.1) is 12.0 Å². The fourth-order valence-corrected chi connectivity index (χ4v) is 3.59. The topological polar surface area (TPSA) is 74.3 Å². The Morgan fingerprint density at radius 1 is 1.25 bits per heavy atom. The minimum atomic E-state index is -0.170. The quantitative estimate of drug-likeness (QED) is 0.823. The van der Waals surface area contributed by atoms with E-state index in [0.717, 1.165) is 49.7 Å². The summed E-state index contributed by atoms with van der Waals surface area (Å²) in [7, 11) is 0. The highest BCUT2D eigenvalue weighted by molar-refractivity contribution is 9.10. The first-order valence-electron chi connectivity index (χ1n) is 8.58. The second kappa shape index (κ2) is 8.07. The van der Waals surface area contributed by atoms with Crippen LogP contribution in [-0.2, 0) is 9.59 Å². The van der Waals surface area contributed by atoms with E-state index in [1.807, 2.05) is 11.0 Å². The zero-order valence-electron chi connectivity index (χ0n) is 13.6. The molecule has 1 aromatic heterocycles. The molecule has 2 amide bonds. The molecule has 2 atom stereocenters. The number of halogens is 1. The molecule has 3 rings (SSSR count). The van der Waals surface area contributed by atoms with Gasteiger partial charge in [0, 0.05) is 23.8 Å². The van der Waals surface area contributed by atoms with Crippen LogP contribution in [0.15, 0.2) is 22.8 Å². The van der Waals surface area contributed by atoms with Crippen LogP contribution in [0.25, 0.3) is 0 Å². The van der Waals surface area contributed by atoms with E-state index in [9.17, 15) is 9.59 Å². The van der Waals surface area contributed by atoms with Crippen LogP contribution in [0.1, 0.15) is 32.1 Å². The maximum absolute atomic E-state index is 12.6. The number of aromatic nitrogens is 1. The summed E-state index contributed by atoms with van der Waals surface area (Å²) in [4.78, 5) is 31.1. The maximum atomic E-state index is 12.6. The first-order valence-corrected chi connectivity index (χ1v) is 9.37. The normalized spacial score (nSPS) is 24.5. The molecule has 2 unspecified atom stereocenters. The summed E-state index contributed by atoms with van der Waals surface area (Å²) in [6, 6.07) is 3.53. The van der Waals surface area contributed by atoms with Gasteiger partial charge in [-0.15, -0.1) is 0 Å². The van der Waals surface area contributed by atoms with E-state index in [-0.39, 0.29) is 23.8 Å². The number of pyridine rings is 1. The number of nitrogens with one attached hydrogen (secondary N) is 2. The monoisotopic (exact) mass is 394 g/mol. The second-order valence-corrected chi connectivity index (χ2v) is 7.39. The molecule has 2 aliphatic rings. The Morgan fingerprint density at radius 3 is 2.83 bits per heavy atom. The summed E-state index contributed by atoms with van der Waals surface area (Å²) < 4.78 is 0.870. The third-order valence-corrected chi connectivity index (χ3v) is 5.16. The molecule has 0 radical (unpaired) electrons. The Labute approximate surface area is 150 Å². The molecule has 130 valence electrons. The van der Waals surface area contributed by atoms with Crippen LogP contribution in [0.3, 0.4) is 0 Å². The van der Waals surface area contributed by atoms with Gasteiger partial charge in [-0.2, -0.15) is 0 Å². The van der Waals surface area contributed by atoms with Gasteiger partial charge < -0.3 is 15.5 Å². The van der Waals surface area contributed by atoms with Gasteiger partial charge in [-0.25, -0.2) is 4.98 Å². The Morgan fingerprint density at radius 2 is 2.12 bits per heavy atom. The second-order valence-electron chi connectivity index (χ2n) is 6.48. The number of carbonyl (C=O) groups excluding carboxylic acids is 2. The van der Waals surface area contributed by atoms with Crippen LogP contribution in [-0.4, -0.2) is 47.4 Å². The van der Waals surface area contributed by atoms with Gasteiger partial charge in [0.15, 0.2) is 0 Å². The molecule has 2 fully saturated rings. The van der Waals surface area contributed by atoms with Crippen molar-refractivity contribution >= 4 is 33.6 Å². The van der Waals surface area contributed by atoms with Crippen molar-refractivity contribution in [2.75, 3.05) is 25.0 Å². The fourth-order valence-electron chi connectivity index (χ4n) is 3.35. The average Bonchev–Trinajstić information content (AvgIpc) is 2.64. The number of hydrogen-bond donors (Lipinski definition) is 2. The summed E-state index contributed by atoms with van der Waals surface area (Å²) in [5.41, 5.74) is 0. The third-order valence-electron chi connectivity index (χ3n) is 4.69. The Kier molecular flexibility index (Phi) is 5.84. The van der Waals surface area contributed by atoms with Crippen LogP contribution in [0.2, 0.25) is 0 Å². The van der Waals surface area contributed by atoms with Crippen molar-refractivity contribution in [1.29, 1.82) is 0 Å². The maximum Gasteiger partial charge on any atom is 0.239 e. The van der Waals surface area contributed by atoms with Crippen LogP contribution >= 0.6 is 15.9 Å². The number of amides is 2. The molecule has 7 heteroatoms. The van der Waals surface area contributed by atoms with Crippen molar-refractivity contribution in [3.05, 3.63) is 22.8 Å². The van der Waals surface area contributed by atoms with E-state index in [1.54, 1.807) is 12.3 Å². The predicted molar refractivity (Wildman–Crippen MR) is 95.5 cm³/mol. The highest BCUT2D eigenvalue weighted by Crippen LogP contribution is 2.21. The van der Waals surface area contributed by atoms with E-state index < -0.39 is 0 Å². The predicted octanol–water partition coefficient (Wildman–Crippen LogP) is 2.16. The van der Waals surface area contributed by atoms with E-state index in [1.165, 1.54) is 0 Å². The van der Waals surface area contributed by atoms with E-state index in [2.05, 4.69) is 31.5 Å². The zero-order chi connectivity index (χ0) is 16.9. The summed E-state index contributed by atoms with van der Waals surface area (Å²) in [5.74, 6) is 0.463. The SMILES string of the molecule is O=C(Nc1ccc(Br)cn1)C1CCCN(C(=O)C2CCCCN2)C1. The number of anilines is 1. The largest absolute Gasteiger partial charge is 0.341 e. The highest BCUT2D eigenvalue weighted by atomic mass is 79.9. The van der Waals surface area contributed by atoms with Crippen LogP contribution in [0, 0.1) is 5.92 Å². The van der Waals surface area contributed by atoms with Gasteiger partial charge in [0.2, 0.25) is 11.8 Å². The van der Waals surface area contributed by atoms with Crippen molar-refractivity contribution in [2.24, 2.45) is 5.92 Å². The standard InChI is InChI=1S/C17H23BrN4O2/c18-13-6-7-15(20-10-13)21-16(23)12-4-3-9-22(11-12)17(24)14-5-1-2-8-19-14/h6-7,10,12,14,19H,1-5,8-9,11H2,(H,20,21,23). The van der Waals surface area contributed by atoms with Crippen molar-refractivity contribution in [3.8, 4) is 0 Å². The third kappa shape index (κ3) is 4.33. The molecule has 6 nitrogen and oxygen atoms in total. The Bertz CT molecular complexity index is 587. The van der Waals surface area contributed by atoms with Gasteiger partial charge in [-0.3, -0.25) is 9.59 Å². The van der Waals surface area contributed by atoms with Crippen LogP contribution < -0.4 is 10.6 Å². The lowest BCUT2D eigenvalue weighted by molar-refractivity contribution is -0.137. The summed E-state index contributed by atoms with van der Waals surface area (Å²) >= 11 is 3.32. The molecule has 24 heavy (non-hydrogen) atoms. The van der Waals surface area contributed by atoms with Gasteiger partial charge in [0.25, 0.3) is 0 Å². The average molecular weight is 395 g/mol. The van der Waals surface area contributed by atoms with Crippen molar-refractivity contribution in [1.82, 2.24) is 15.2 Å². The highest BCUT2D eigenvalue weighted by Gasteiger charge is 2.32. The molecule has 2 N–H and O–H groups in total. The Balaban J connectivity index is 1.57. The summed E-state index contributed by atoms with van der Waals surface area (Å²) in [6.07, 6.45) is 6.45. The lowest BCUT2D eigenvalue weighted by Crippen LogP contribution is -2.52. The molecular formula is C17H23BrN4O2. The lowest BCUT2D eigenvalue weighted by atomic mass is 9.95. The molecule has 2 aliphatic heterocycles. The zero-order valence-corrected chi connectivity index (χ0v) is 15.2. The first-order chi connectivity index (χ1) is 11.6. The molecule has 3 heterocycles. The fraction of sp³-hybridized carbons (Fsp3) is 0.588. The van der Waals surface area contributed by atoms with Gasteiger partial charge in [-0.1, -0.05) is 6.42 Å². The first kappa shape index (κ1) is 17.4. The molecule has 0 aliphatic carbocycles. The molecule has 0 bridgehead atoms. The number of rotatable bonds is 3. The number of piperidine rings is 2. The smallest absolute Gasteiger partial charge is 0.239 e. The molecule has 0 saturated carbocycles. The minimum absolute atomic E-state index is 0.0566. The molecule has 2 saturated heterocycles. The number of hydrogen-bond acceptors (Lipinski definition) is 4. The number of carbonyl (C=O) groups is 2. The summed E-state index contributed by atoms with van der Waals surface area (Å²) in [6.45, 7) is 2.15. The molecular weight excluding hydrogens is 372 g/mol. The number of likely N-dealkylation sites (tertiary alicyclic amines) is 1. The van der Waals surface area contributed by atoms with Gasteiger partial charge >= 0.3 is 0 Å². The van der Waals surface area contributed by atoms with Crippen molar-refractivity contribution < 1.29 is 9.59 Å². The molecule has 0 aromatic carbocycles. The van der Waals surface area contributed by atoms with Crippen molar-refractivity contribution in [2.45, 2.75) is 38.1 Å². The Hall–Kier alpha value is -1.47. The van der Waals surface area contributed by atoms with Crippen molar-refractivity contribution in [3.63, 3.8) is 0 Å². The summed E-state index contributed by atoms with van der Waals surface area (Å²) in [5, 5.41) is 6.15.